The van der Waals surface area contributed by atoms with Crippen LogP contribution in [0, 0.1) is 13.8 Å². The van der Waals surface area contributed by atoms with Gasteiger partial charge in [0.05, 0.1) is 43.5 Å². The van der Waals surface area contributed by atoms with Gasteiger partial charge in [-0.2, -0.15) is 5.10 Å². The van der Waals surface area contributed by atoms with E-state index in [-0.39, 0.29) is 19.0 Å². The van der Waals surface area contributed by atoms with E-state index >= 15 is 0 Å². The van der Waals surface area contributed by atoms with Crippen molar-refractivity contribution >= 4 is 17.6 Å². The number of ether oxygens (including phenoxy) is 1. The van der Waals surface area contributed by atoms with Gasteiger partial charge in [0.2, 0.25) is 0 Å². The lowest BCUT2D eigenvalue weighted by Gasteiger charge is -2.18. The molecule has 0 saturated carbocycles. The smallest absolute Gasteiger partial charge is 0.332 e. The first-order valence-electron chi connectivity index (χ1n) is 9.99. The summed E-state index contributed by atoms with van der Waals surface area (Å²) in [5.41, 5.74) is 3.78. The Labute approximate surface area is 179 Å². The topological polar surface area (TPSA) is 107 Å². The van der Waals surface area contributed by atoms with Crippen molar-refractivity contribution in [1.29, 1.82) is 0 Å². The lowest BCUT2D eigenvalue weighted by atomic mass is 10.1. The number of anilines is 1. The molecule has 10 heteroatoms. The van der Waals surface area contributed by atoms with E-state index in [0.717, 1.165) is 33.2 Å². The molecule has 0 aliphatic carbocycles. The molecule has 1 aliphatic rings. The first-order valence-corrected chi connectivity index (χ1v) is 9.99. The van der Waals surface area contributed by atoms with Crippen molar-refractivity contribution in [3.63, 3.8) is 0 Å². The van der Waals surface area contributed by atoms with Crippen LogP contribution in [0.15, 0.2) is 29.2 Å². The molecule has 0 spiro atoms. The molecule has 1 saturated heterocycles. The van der Waals surface area contributed by atoms with Gasteiger partial charge in [0.25, 0.3) is 5.91 Å². The summed E-state index contributed by atoms with van der Waals surface area (Å²) in [7, 11) is 1.60. The molecule has 0 N–H and O–H groups in total. The number of carbonyl (C=O) groups excluding carboxylic acids is 2. The molecule has 0 aromatic carbocycles. The quantitative estimate of drug-likeness (QED) is 0.536. The van der Waals surface area contributed by atoms with Crippen molar-refractivity contribution in [2.45, 2.75) is 40.3 Å². The summed E-state index contributed by atoms with van der Waals surface area (Å²) in [4.78, 5) is 32.7. The maximum absolute atomic E-state index is 13.0. The highest BCUT2D eigenvalue weighted by atomic mass is 16.5. The van der Waals surface area contributed by atoms with Crippen LogP contribution in [0.3, 0.4) is 0 Å². The van der Waals surface area contributed by atoms with Gasteiger partial charge in [0, 0.05) is 23.5 Å². The van der Waals surface area contributed by atoms with Crippen LogP contribution < -0.4 is 9.64 Å². The summed E-state index contributed by atoms with van der Waals surface area (Å²) < 4.78 is 12.2. The van der Waals surface area contributed by atoms with Crippen LogP contribution in [0.5, 0.6) is 5.75 Å². The minimum atomic E-state index is -0.395. The number of rotatable bonds is 7. The summed E-state index contributed by atoms with van der Waals surface area (Å²) in [6.45, 7) is 6.35. The van der Waals surface area contributed by atoms with Gasteiger partial charge in [-0.3, -0.25) is 14.5 Å². The summed E-state index contributed by atoms with van der Waals surface area (Å²) >= 11 is 0. The summed E-state index contributed by atoms with van der Waals surface area (Å²) in [5, 5.41) is 8.24. The lowest BCUT2D eigenvalue weighted by Crippen LogP contribution is -2.33. The zero-order chi connectivity index (χ0) is 22.1. The molecule has 0 radical (unpaired) electrons. The molecule has 3 aromatic rings. The summed E-state index contributed by atoms with van der Waals surface area (Å²) in [6, 6.07) is 1.40. The fourth-order valence-electron chi connectivity index (χ4n) is 3.77. The van der Waals surface area contributed by atoms with Gasteiger partial charge in [0.1, 0.15) is 18.1 Å². The molecule has 10 nitrogen and oxygen atoms in total. The molecule has 0 bridgehead atoms. The lowest BCUT2D eigenvalue weighted by molar-refractivity contribution is -0.116. The number of carbonyl (C=O) groups is 2. The van der Waals surface area contributed by atoms with Crippen molar-refractivity contribution in [3.05, 3.63) is 52.9 Å². The van der Waals surface area contributed by atoms with E-state index < -0.39 is 6.03 Å². The van der Waals surface area contributed by atoms with Gasteiger partial charge in [0.15, 0.2) is 0 Å². The first-order chi connectivity index (χ1) is 14.9. The molecule has 3 amide bonds. The third-order valence-electron chi connectivity index (χ3n) is 5.43. The highest BCUT2D eigenvalue weighted by Crippen LogP contribution is 2.26. The van der Waals surface area contributed by atoms with E-state index in [9.17, 15) is 9.59 Å². The average molecular weight is 424 g/mol. The minimum Gasteiger partial charge on any atom is -0.496 e. The van der Waals surface area contributed by atoms with Crippen LogP contribution >= 0.6 is 0 Å². The Kier molecular flexibility index (Phi) is 5.45. The molecular weight excluding hydrogens is 400 g/mol. The summed E-state index contributed by atoms with van der Waals surface area (Å²) in [6.07, 6.45) is 5.54. The van der Waals surface area contributed by atoms with Gasteiger partial charge >= 0.3 is 6.03 Å². The van der Waals surface area contributed by atoms with Gasteiger partial charge in [-0.05, 0) is 26.3 Å². The molecule has 4 heterocycles. The molecule has 162 valence electrons. The van der Waals surface area contributed by atoms with Crippen LogP contribution in [0.4, 0.5) is 10.5 Å². The van der Waals surface area contributed by atoms with Crippen molar-refractivity contribution < 1.29 is 18.8 Å². The van der Waals surface area contributed by atoms with Gasteiger partial charge in [-0.15, -0.1) is 0 Å². The van der Waals surface area contributed by atoms with E-state index in [0.29, 0.717) is 24.4 Å². The zero-order valence-corrected chi connectivity index (χ0v) is 18.0. The maximum Gasteiger partial charge on any atom is 0.332 e. The first kappa shape index (κ1) is 20.6. The van der Waals surface area contributed by atoms with Gasteiger partial charge < -0.3 is 14.2 Å². The Balaban J connectivity index is 1.53. The Morgan fingerprint density at radius 3 is 2.68 bits per heavy atom. The molecule has 0 atom stereocenters. The van der Waals surface area contributed by atoms with Crippen molar-refractivity contribution in [3.8, 4) is 5.75 Å². The maximum atomic E-state index is 13.0. The fourth-order valence-corrected chi connectivity index (χ4v) is 3.77. The number of aryl methyl sites for hydroxylation is 2. The molecular formula is C21H24N6O4. The largest absolute Gasteiger partial charge is 0.496 e. The van der Waals surface area contributed by atoms with Crippen molar-refractivity contribution in [1.82, 2.24) is 24.8 Å². The third-order valence-corrected chi connectivity index (χ3v) is 5.43. The third kappa shape index (κ3) is 3.76. The number of aromatic nitrogens is 4. The van der Waals surface area contributed by atoms with E-state index in [2.05, 4.69) is 15.2 Å². The molecule has 0 unspecified atom stereocenters. The Morgan fingerprint density at radius 2 is 2.00 bits per heavy atom. The van der Waals surface area contributed by atoms with Crippen molar-refractivity contribution in [2.24, 2.45) is 0 Å². The monoisotopic (exact) mass is 424 g/mol. The second-order valence-electron chi connectivity index (χ2n) is 7.36. The zero-order valence-electron chi connectivity index (χ0n) is 18.0. The van der Waals surface area contributed by atoms with E-state index in [1.165, 1.54) is 11.1 Å². The number of hydrogen-bond acceptors (Lipinski definition) is 7. The van der Waals surface area contributed by atoms with Gasteiger partial charge in [-0.1, -0.05) is 12.1 Å². The molecule has 1 aliphatic heterocycles. The van der Waals surface area contributed by atoms with Crippen LogP contribution in [0.1, 0.15) is 35.2 Å². The molecule has 4 rings (SSSR count). The van der Waals surface area contributed by atoms with E-state index in [1.807, 2.05) is 20.8 Å². The number of methoxy groups -OCH3 is 1. The highest BCUT2D eigenvalue weighted by molar-refractivity contribution is 6.19. The van der Waals surface area contributed by atoms with Gasteiger partial charge in [-0.25, -0.2) is 9.69 Å². The fraction of sp³-hybridized carbons (Fsp3) is 0.381. The SMILES string of the molecule is CCc1c(OC)ccnc1CN1CC(=O)N(c2cnn(Cc3c(C)noc3C)c2)C1=O. The van der Waals surface area contributed by atoms with Crippen LogP contribution in [-0.4, -0.2) is 50.4 Å². The van der Waals surface area contributed by atoms with E-state index in [1.54, 1.807) is 30.3 Å². The Hall–Kier alpha value is -3.69. The van der Waals surface area contributed by atoms with Crippen LogP contribution in [0.2, 0.25) is 0 Å². The van der Waals surface area contributed by atoms with Crippen LogP contribution in [-0.2, 0) is 24.3 Å². The molecule has 1 fully saturated rings. The Bertz CT molecular complexity index is 1120. The minimum absolute atomic E-state index is 0.0179. The second kappa shape index (κ2) is 8.21. The number of amides is 3. The van der Waals surface area contributed by atoms with Crippen LogP contribution in [0.25, 0.3) is 0 Å². The summed E-state index contributed by atoms with van der Waals surface area (Å²) in [5.74, 6) is 1.14. The number of pyridine rings is 1. The number of urea groups is 1. The molecule has 3 aromatic heterocycles. The predicted molar refractivity (Wildman–Crippen MR) is 111 cm³/mol. The Morgan fingerprint density at radius 1 is 1.19 bits per heavy atom. The molecule has 31 heavy (non-hydrogen) atoms. The number of hydrogen-bond donors (Lipinski definition) is 0. The average Bonchev–Trinajstić information content (AvgIpc) is 3.42. The number of nitrogens with zero attached hydrogens (tertiary/aromatic N) is 6. The highest BCUT2D eigenvalue weighted by Gasteiger charge is 2.38. The predicted octanol–water partition coefficient (Wildman–Crippen LogP) is 2.47. The number of imide groups is 1. The standard InChI is InChI=1S/C21H24N6O4/c1-5-16-18(22-7-6-19(16)30-4)11-25-12-20(28)27(21(25)29)15-8-23-26(9-15)10-17-13(2)24-31-14(17)3/h6-9H,5,10-12H2,1-4H3. The van der Waals surface area contributed by atoms with E-state index in [4.69, 9.17) is 9.26 Å². The van der Waals surface area contributed by atoms with Crippen molar-refractivity contribution in [2.75, 3.05) is 18.6 Å². The normalized spacial score (nSPS) is 14.1. The second-order valence-corrected chi connectivity index (χ2v) is 7.36.